The fraction of sp³-hybridized carbons (Fsp3) is 0.533. The lowest BCUT2D eigenvalue weighted by Gasteiger charge is -2.29. The summed E-state index contributed by atoms with van der Waals surface area (Å²) in [5.41, 5.74) is 3.21. The van der Waals surface area contributed by atoms with Crippen LogP contribution in [0.3, 0.4) is 0 Å². The number of anilines is 1. The summed E-state index contributed by atoms with van der Waals surface area (Å²) in [7, 11) is 2.03. The average molecular weight is 340 g/mol. The van der Waals surface area contributed by atoms with Crippen molar-refractivity contribution in [3.63, 3.8) is 0 Å². The number of halogens is 1. The molecule has 1 aliphatic heterocycles. The van der Waals surface area contributed by atoms with Gasteiger partial charge in [0.15, 0.2) is 5.49 Å². The number of pyridine rings is 1. The molecule has 20 heavy (non-hydrogen) atoms. The summed E-state index contributed by atoms with van der Waals surface area (Å²) < 4.78 is 8.58. The molecule has 5 heteroatoms. The molecule has 0 radical (unpaired) electrons. The first-order chi connectivity index (χ1) is 9.61. The molecule has 2 rings (SSSR count). The number of hydrogen-bond acceptors (Lipinski definition) is 3. The van der Waals surface area contributed by atoms with Crippen LogP contribution in [0.4, 0.5) is 5.69 Å². The average Bonchev–Trinajstić information content (AvgIpc) is 2.43. The summed E-state index contributed by atoms with van der Waals surface area (Å²) >= 11 is 3.58. The first kappa shape index (κ1) is 15.3. The Balaban J connectivity index is 2.51. The van der Waals surface area contributed by atoms with Crippen LogP contribution in [0, 0.1) is 0 Å². The van der Waals surface area contributed by atoms with Crippen molar-refractivity contribution >= 4 is 21.6 Å². The molecule has 110 valence electrons. The summed E-state index contributed by atoms with van der Waals surface area (Å²) in [5, 5.41) is 0. The number of aromatic nitrogens is 1. The summed E-state index contributed by atoms with van der Waals surface area (Å²) in [4.78, 5) is 7.12. The van der Waals surface area contributed by atoms with Gasteiger partial charge in [0.05, 0.1) is 18.9 Å². The minimum absolute atomic E-state index is 0.777. The number of nitrogens with zero attached hydrogens (tertiary/aromatic N) is 3. The van der Waals surface area contributed by atoms with Crippen molar-refractivity contribution < 1.29 is 4.74 Å². The van der Waals surface area contributed by atoms with Crippen LogP contribution < -0.4 is 10.4 Å². The van der Waals surface area contributed by atoms with E-state index in [2.05, 4.69) is 51.4 Å². The second-order valence-corrected chi connectivity index (χ2v) is 5.86. The number of aryl methyl sites for hydroxylation is 1. The lowest BCUT2D eigenvalue weighted by Crippen LogP contribution is -2.40. The first-order valence-corrected chi connectivity index (χ1v) is 7.81. The topological polar surface area (TPSA) is 29.8 Å². The van der Waals surface area contributed by atoms with Gasteiger partial charge in [-0.15, -0.1) is 0 Å². The maximum atomic E-state index is 5.44. The number of rotatable bonds is 3. The summed E-state index contributed by atoms with van der Waals surface area (Å²) in [6.45, 7) is 7.56. The first-order valence-electron chi connectivity index (χ1n) is 7.02. The van der Waals surface area contributed by atoms with Gasteiger partial charge in [-0.05, 0) is 35.3 Å². The zero-order valence-electron chi connectivity index (χ0n) is 12.4. The highest BCUT2D eigenvalue weighted by Gasteiger charge is 2.14. The third-order valence-corrected chi connectivity index (χ3v) is 3.72. The molecule has 2 heterocycles. The quantitative estimate of drug-likeness (QED) is 0.847. The van der Waals surface area contributed by atoms with Gasteiger partial charge < -0.3 is 14.2 Å². The zero-order chi connectivity index (χ0) is 14.5. The van der Waals surface area contributed by atoms with Crippen LogP contribution in [0.2, 0.25) is 0 Å². The Bertz CT molecular complexity index is 557. The van der Waals surface area contributed by atoms with Gasteiger partial charge in [0, 0.05) is 36.5 Å². The molecule has 1 saturated heterocycles. The summed E-state index contributed by atoms with van der Waals surface area (Å²) in [6.07, 6.45) is 5.19. The second kappa shape index (κ2) is 7.09. The molecule has 0 N–H and O–H groups in total. The van der Waals surface area contributed by atoms with E-state index in [-0.39, 0.29) is 0 Å². The van der Waals surface area contributed by atoms with Crippen molar-refractivity contribution in [3.8, 4) is 0 Å². The van der Waals surface area contributed by atoms with Gasteiger partial charge >= 0.3 is 0 Å². The van der Waals surface area contributed by atoms with Crippen LogP contribution >= 0.6 is 15.9 Å². The third kappa shape index (κ3) is 3.73. The number of ether oxygens (including phenoxy) is 1. The Morgan fingerprint density at radius 1 is 1.45 bits per heavy atom. The fourth-order valence-electron chi connectivity index (χ4n) is 2.34. The molecule has 0 spiro atoms. The van der Waals surface area contributed by atoms with Gasteiger partial charge in [0.25, 0.3) is 0 Å². The minimum Gasteiger partial charge on any atom is -0.378 e. The summed E-state index contributed by atoms with van der Waals surface area (Å²) in [5.74, 6) is 0. The van der Waals surface area contributed by atoms with Crippen molar-refractivity contribution in [2.24, 2.45) is 12.0 Å². The molecule has 0 atom stereocenters. The molecular weight excluding hydrogens is 318 g/mol. The number of hydrogen-bond donors (Lipinski definition) is 0. The molecule has 0 unspecified atom stereocenters. The highest BCUT2D eigenvalue weighted by Crippen LogP contribution is 2.17. The monoisotopic (exact) mass is 339 g/mol. The Morgan fingerprint density at radius 3 is 2.80 bits per heavy atom. The Morgan fingerprint density at radius 2 is 2.15 bits per heavy atom. The van der Waals surface area contributed by atoms with Crippen LogP contribution in [0.1, 0.15) is 20.3 Å². The van der Waals surface area contributed by atoms with Gasteiger partial charge in [-0.25, -0.2) is 4.99 Å². The molecule has 4 nitrogen and oxygen atoms in total. The normalized spacial score (nSPS) is 17.7. The van der Waals surface area contributed by atoms with Crippen LogP contribution in [0.5, 0.6) is 0 Å². The minimum atomic E-state index is 0.777. The van der Waals surface area contributed by atoms with Gasteiger partial charge in [-0.2, -0.15) is 0 Å². The van der Waals surface area contributed by atoms with E-state index in [1.54, 1.807) is 0 Å². The predicted octanol–water partition coefficient (Wildman–Crippen LogP) is 2.84. The van der Waals surface area contributed by atoms with E-state index in [4.69, 9.17) is 9.73 Å². The van der Waals surface area contributed by atoms with E-state index >= 15 is 0 Å². The zero-order valence-corrected chi connectivity index (χ0v) is 14.0. The van der Waals surface area contributed by atoms with Gasteiger partial charge in [-0.3, -0.25) is 0 Å². The van der Waals surface area contributed by atoms with E-state index < -0.39 is 0 Å². The summed E-state index contributed by atoms with van der Waals surface area (Å²) in [6, 6.07) is 2.14. The molecule has 1 aliphatic rings. The standard InChI is InChI=1S/C15H22BrN3O/c1-4-5-12(2)17-15-14(10-13(16)11-18(15)3)19-6-8-20-9-7-19/h5,10-11H,4,6-9H2,1-3H3/b12-5-,17-15?. The second-order valence-electron chi connectivity index (χ2n) is 4.94. The molecule has 1 aromatic heterocycles. The van der Waals surface area contributed by atoms with E-state index in [1.807, 2.05) is 13.2 Å². The molecule has 0 aliphatic carbocycles. The van der Waals surface area contributed by atoms with Crippen LogP contribution in [-0.2, 0) is 11.8 Å². The van der Waals surface area contributed by atoms with Gasteiger partial charge in [0.1, 0.15) is 0 Å². The Hall–Kier alpha value is -1.07. The van der Waals surface area contributed by atoms with E-state index in [1.165, 1.54) is 0 Å². The van der Waals surface area contributed by atoms with Crippen LogP contribution in [0.15, 0.2) is 33.5 Å². The fourth-order valence-corrected chi connectivity index (χ4v) is 2.86. The van der Waals surface area contributed by atoms with Gasteiger partial charge in [0.2, 0.25) is 0 Å². The largest absolute Gasteiger partial charge is 0.378 e. The molecule has 1 aromatic rings. The van der Waals surface area contributed by atoms with Gasteiger partial charge in [-0.1, -0.05) is 13.0 Å². The lowest BCUT2D eigenvalue weighted by molar-refractivity contribution is 0.122. The van der Waals surface area contributed by atoms with Crippen LogP contribution in [-0.4, -0.2) is 30.9 Å². The molecule has 0 bridgehead atoms. The van der Waals surface area contributed by atoms with E-state index in [0.29, 0.717) is 0 Å². The smallest absolute Gasteiger partial charge is 0.156 e. The van der Waals surface area contributed by atoms with Crippen molar-refractivity contribution in [3.05, 3.63) is 34.0 Å². The molecule has 0 aromatic carbocycles. The van der Waals surface area contributed by atoms with E-state index in [0.717, 1.165) is 54.1 Å². The lowest BCUT2D eigenvalue weighted by atomic mass is 10.3. The SMILES string of the molecule is CC/C=C(/C)N=c1c(N2CCOCC2)cc(Br)cn1C. The number of morpholine rings is 1. The number of allylic oxidation sites excluding steroid dienone is 2. The van der Waals surface area contributed by atoms with Crippen LogP contribution in [0.25, 0.3) is 0 Å². The van der Waals surface area contributed by atoms with Crippen molar-refractivity contribution in [1.82, 2.24) is 4.57 Å². The Kier molecular flexibility index (Phi) is 5.43. The molecule has 1 fully saturated rings. The Labute approximate surface area is 128 Å². The highest BCUT2D eigenvalue weighted by atomic mass is 79.9. The maximum Gasteiger partial charge on any atom is 0.156 e. The predicted molar refractivity (Wildman–Crippen MR) is 85.8 cm³/mol. The van der Waals surface area contributed by atoms with Crippen molar-refractivity contribution in [2.45, 2.75) is 20.3 Å². The molecule has 0 saturated carbocycles. The highest BCUT2D eigenvalue weighted by molar-refractivity contribution is 9.10. The molecular formula is C15H22BrN3O. The third-order valence-electron chi connectivity index (χ3n) is 3.29. The molecule has 0 amide bonds. The van der Waals surface area contributed by atoms with E-state index in [9.17, 15) is 0 Å². The van der Waals surface area contributed by atoms with Crippen molar-refractivity contribution in [1.29, 1.82) is 0 Å². The van der Waals surface area contributed by atoms with Crippen molar-refractivity contribution in [2.75, 3.05) is 31.2 Å². The maximum absolute atomic E-state index is 5.44.